The Morgan fingerprint density at radius 3 is 2.73 bits per heavy atom. The molecule has 0 bridgehead atoms. The zero-order valence-corrected chi connectivity index (χ0v) is 7.56. The third kappa shape index (κ3) is 3.13. The first-order valence-electron chi connectivity index (χ1n) is 3.95. The highest BCUT2D eigenvalue weighted by Gasteiger charge is 2.16. The van der Waals surface area contributed by atoms with Crippen molar-refractivity contribution in [3.05, 3.63) is 0 Å². The smallest absolute Gasteiger partial charge is 0.0891 e. The van der Waals surface area contributed by atoms with Gasteiger partial charge in [0.15, 0.2) is 0 Å². The maximum absolute atomic E-state index is 8.56. The number of hydrogen-bond donors (Lipinski definition) is 0. The molecule has 0 aliphatic carbocycles. The quantitative estimate of drug-likeness (QED) is 0.635. The topological polar surface area (TPSA) is 33.0 Å². The van der Waals surface area contributed by atoms with E-state index in [1.54, 1.807) is 11.8 Å². The molecule has 0 aromatic carbocycles. The maximum Gasteiger partial charge on any atom is 0.0891 e. The molecular formula is C8H13NOS. The molecule has 3 heteroatoms. The summed E-state index contributed by atoms with van der Waals surface area (Å²) in [5.74, 6) is 0. The Bertz CT molecular complexity index is 149. The van der Waals surface area contributed by atoms with Gasteiger partial charge in [-0.25, -0.2) is 0 Å². The molecule has 62 valence electrons. The zero-order chi connectivity index (χ0) is 8.10. The molecule has 0 aromatic rings. The summed E-state index contributed by atoms with van der Waals surface area (Å²) in [6, 6.07) is 2.23. The summed E-state index contributed by atoms with van der Waals surface area (Å²) in [4.78, 5) is 0. The first kappa shape index (κ1) is 8.89. The number of nitrogens with zero attached hydrogens (tertiary/aromatic N) is 1. The van der Waals surface area contributed by atoms with Crippen molar-refractivity contribution in [2.75, 3.05) is 13.2 Å². The van der Waals surface area contributed by atoms with Crippen molar-refractivity contribution >= 4 is 11.8 Å². The van der Waals surface area contributed by atoms with Gasteiger partial charge in [-0.2, -0.15) is 5.26 Å². The van der Waals surface area contributed by atoms with Gasteiger partial charge in [0.25, 0.3) is 0 Å². The van der Waals surface area contributed by atoms with Gasteiger partial charge in [0.1, 0.15) is 0 Å². The number of thioether (sulfide) groups is 1. The third-order valence-electron chi connectivity index (χ3n) is 1.75. The summed E-state index contributed by atoms with van der Waals surface area (Å²) in [5, 5.41) is 9.35. The summed E-state index contributed by atoms with van der Waals surface area (Å²) >= 11 is 1.78. The molecule has 2 nitrogen and oxygen atoms in total. The fourth-order valence-corrected chi connectivity index (χ4v) is 2.23. The standard InChI is InChI=1S/C8H13NOS/c1-7(6-9)11-8-2-4-10-5-3-8/h7-8H,2-5H2,1H3. The lowest BCUT2D eigenvalue weighted by Gasteiger charge is -2.21. The second kappa shape index (κ2) is 4.63. The van der Waals surface area contributed by atoms with E-state index < -0.39 is 0 Å². The average molecular weight is 171 g/mol. The van der Waals surface area contributed by atoms with Crippen LogP contribution in [-0.2, 0) is 4.74 Å². The Balaban J connectivity index is 2.20. The predicted molar refractivity (Wildman–Crippen MR) is 46.5 cm³/mol. The van der Waals surface area contributed by atoms with Crippen LogP contribution in [0.25, 0.3) is 0 Å². The molecule has 0 amide bonds. The van der Waals surface area contributed by atoms with Crippen LogP contribution in [0.4, 0.5) is 0 Å². The van der Waals surface area contributed by atoms with Crippen molar-refractivity contribution in [3.8, 4) is 6.07 Å². The second-order valence-corrected chi connectivity index (χ2v) is 4.37. The van der Waals surface area contributed by atoms with Gasteiger partial charge in [-0.05, 0) is 19.8 Å². The minimum atomic E-state index is 0.137. The molecule has 0 radical (unpaired) electrons. The summed E-state index contributed by atoms with van der Waals surface area (Å²) in [7, 11) is 0. The van der Waals surface area contributed by atoms with Gasteiger partial charge in [0, 0.05) is 18.5 Å². The van der Waals surface area contributed by atoms with E-state index in [0.29, 0.717) is 5.25 Å². The summed E-state index contributed by atoms with van der Waals surface area (Å²) < 4.78 is 5.22. The SMILES string of the molecule is CC(C#N)SC1CCOCC1. The van der Waals surface area contributed by atoms with Crippen LogP contribution in [0.5, 0.6) is 0 Å². The summed E-state index contributed by atoms with van der Waals surface area (Å²) in [5.41, 5.74) is 0. The highest BCUT2D eigenvalue weighted by atomic mass is 32.2. The van der Waals surface area contributed by atoms with E-state index in [0.717, 1.165) is 26.1 Å². The Morgan fingerprint density at radius 1 is 1.55 bits per heavy atom. The molecule has 0 N–H and O–H groups in total. The number of rotatable bonds is 2. The normalized spacial score (nSPS) is 22.5. The maximum atomic E-state index is 8.56. The van der Waals surface area contributed by atoms with Crippen LogP contribution in [0.2, 0.25) is 0 Å². The highest BCUT2D eigenvalue weighted by molar-refractivity contribution is 8.00. The summed E-state index contributed by atoms with van der Waals surface area (Å²) in [6.07, 6.45) is 2.22. The van der Waals surface area contributed by atoms with Crippen LogP contribution in [0.1, 0.15) is 19.8 Å². The van der Waals surface area contributed by atoms with Gasteiger partial charge in [-0.15, -0.1) is 11.8 Å². The molecule has 1 atom stereocenters. The molecular weight excluding hydrogens is 158 g/mol. The third-order valence-corrected chi connectivity index (χ3v) is 3.12. The molecule has 0 spiro atoms. The van der Waals surface area contributed by atoms with Crippen LogP contribution in [0, 0.1) is 11.3 Å². The Labute approximate surface area is 71.9 Å². The fraction of sp³-hybridized carbons (Fsp3) is 0.875. The van der Waals surface area contributed by atoms with E-state index in [4.69, 9.17) is 10.00 Å². The molecule has 1 unspecified atom stereocenters. The van der Waals surface area contributed by atoms with E-state index in [2.05, 4.69) is 6.07 Å². The fourth-order valence-electron chi connectivity index (χ4n) is 1.13. The van der Waals surface area contributed by atoms with Crippen LogP contribution in [-0.4, -0.2) is 23.7 Å². The Hall–Kier alpha value is -0.200. The van der Waals surface area contributed by atoms with Crippen LogP contribution in [0.15, 0.2) is 0 Å². The largest absolute Gasteiger partial charge is 0.381 e. The minimum absolute atomic E-state index is 0.137. The van der Waals surface area contributed by atoms with Crippen LogP contribution >= 0.6 is 11.8 Å². The molecule has 0 saturated carbocycles. The van der Waals surface area contributed by atoms with E-state index in [-0.39, 0.29) is 5.25 Å². The lowest BCUT2D eigenvalue weighted by atomic mass is 10.2. The number of nitriles is 1. The van der Waals surface area contributed by atoms with E-state index in [1.807, 2.05) is 6.92 Å². The predicted octanol–water partition coefficient (Wildman–Crippen LogP) is 1.81. The molecule has 1 heterocycles. The van der Waals surface area contributed by atoms with Gasteiger partial charge in [-0.3, -0.25) is 0 Å². The van der Waals surface area contributed by atoms with Crippen molar-refractivity contribution in [3.63, 3.8) is 0 Å². The molecule has 1 aliphatic heterocycles. The zero-order valence-electron chi connectivity index (χ0n) is 6.75. The first-order valence-corrected chi connectivity index (χ1v) is 4.90. The molecule has 1 aliphatic rings. The number of ether oxygens (including phenoxy) is 1. The highest BCUT2D eigenvalue weighted by Crippen LogP contribution is 2.25. The van der Waals surface area contributed by atoms with E-state index >= 15 is 0 Å². The summed E-state index contributed by atoms with van der Waals surface area (Å²) in [6.45, 7) is 3.70. The Kier molecular flexibility index (Phi) is 3.74. The van der Waals surface area contributed by atoms with Crippen molar-refractivity contribution in [2.24, 2.45) is 0 Å². The number of hydrogen-bond acceptors (Lipinski definition) is 3. The van der Waals surface area contributed by atoms with Gasteiger partial charge in [0.05, 0.1) is 11.3 Å². The Morgan fingerprint density at radius 2 is 2.18 bits per heavy atom. The van der Waals surface area contributed by atoms with Gasteiger partial charge >= 0.3 is 0 Å². The van der Waals surface area contributed by atoms with Crippen LogP contribution < -0.4 is 0 Å². The molecule has 1 saturated heterocycles. The van der Waals surface area contributed by atoms with Gasteiger partial charge in [0.2, 0.25) is 0 Å². The van der Waals surface area contributed by atoms with E-state index in [1.165, 1.54) is 0 Å². The lowest BCUT2D eigenvalue weighted by Crippen LogP contribution is -2.19. The molecule has 1 fully saturated rings. The molecule has 0 aromatic heterocycles. The molecule has 1 rings (SSSR count). The van der Waals surface area contributed by atoms with Crippen molar-refractivity contribution in [1.29, 1.82) is 5.26 Å². The van der Waals surface area contributed by atoms with Crippen LogP contribution in [0.3, 0.4) is 0 Å². The second-order valence-electron chi connectivity index (χ2n) is 2.72. The minimum Gasteiger partial charge on any atom is -0.381 e. The lowest BCUT2D eigenvalue weighted by molar-refractivity contribution is 0.1000. The van der Waals surface area contributed by atoms with Crippen molar-refractivity contribution in [1.82, 2.24) is 0 Å². The average Bonchev–Trinajstić information content (AvgIpc) is 2.06. The monoisotopic (exact) mass is 171 g/mol. The van der Waals surface area contributed by atoms with Gasteiger partial charge < -0.3 is 4.74 Å². The van der Waals surface area contributed by atoms with Crippen molar-refractivity contribution < 1.29 is 4.74 Å². The first-order chi connectivity index (χ1) is 5.33. The van der Waals surface area contributed by atoms with E-state index in [9.17, 15) is 0 Å². The molecule has 11 heavy (non-hydrogen) atoms. The van der Waals surface area contributed by atoms with Gasteiger partial charge in [-0.1, -0.05) is 0 Å². The van der Waals surface area contributed by atoms with Crippen molar-refractivity contribution in [2.45, 2.75) is 30.3 Å².